The molecule has 0 bridgehead atoms. The molecule has 158 valence electrons. The van der Waals surface area contributed by atoms with Crippen molar-refractivity contribution in [1.82, 2.24) is 0 Å². The molecule has 0 saturated heterocycles. The van der Waals surface area contributed by atoms with Crippen molar-refractivity contribution in [3.63, 3.8) is 0 Å². The number of ether oxygens (including phenoxy) is 1. The molecule has 1 aliphatic carbocycles. The van der Waals surface area contributed by atoms with Crippen LogP contribution in [0.3, 0.4) is 0 Å². The maximum Gasteiger partial charge on any atom is 0.331 e. The Bertz CT molecular complexity index is 1280. The molecule has 0 radical (unpaired) electrons. The van der Waals surface area contributed by atoms with E-state index in [4.69, 9.17) is 16.3 Å². The first-order valence-electron chi connectivity index (χ1n) is 9.65. The summed E-state index contributed by atoms with van der Waals surface area (Å²) in [5.74, 6) is -1.79. The third kappa shape index (κ3) is 4.50. The number of halogens is 1. The fraction of sp³-hybridized carbons (Fsp3) is 0.0400. The minimum atomic E-state index is -0.682. The lowest BCUT2D eigenvalue weighted by molar-refractivity contribution is -0.142. The molecule has 0 spiro atoms. The smallest absolute Gasteiger partial charge is 0.331 e. The largest absolute Gasteiger partial charge is 0.452 e. The Morgan fingerprint density at radius 3 is 2.16 bits per heavy atom. The molecule has 1 N–H and O–H groups in total. The van der Waals surface area contributed by atoms with E-state index in [1.807, 2.05) is 0 Å². The van der Waals surface area contributed by atoms with Crippen LogP contribution in [0.2, 0.25) is 5.02 Å². The van der Waals surface area contributed by atoms with Crippen molar-refractivity contribution >= 4 is 46.8 Å². The number of carbonyl (C=O) groups is 4. The predicted octanol–water partition coefficient (Wildman–Crippen LogP) is 4.31. The number of fused-ring (bicyclic) bond motifs is 2. The molecule has 6 nitrogen and oxygen atoms in total. The summed E-state index contributed by atoms with van der Waals surface area (Å²) in [5.41, 5.74) is 2.27. The summed E-state index contributed by atoms with van der Waals surface area (Å²) in [6.45, 7) is -0.503. The lowest BCUT2D eigenvalue weighted by Crippen LogP contribution is -2.23. The van der Waals surface area contributed by atoms with E-state index in [0.717, 1.165) is 5.56 Å². The molecule has 1 aliphatic rings. The molecule has 0 saturated carbocycles. The topological polar surface area (TPSA) is 89.5 Å². The molecular formula is C25H16ClNO5. The molecule has 0 heterocycles. The minimum absolute atomic E-state index is 0.217. The Labute approximate surface area is 188 Å². The number of ketones is 2. The Morgan fingerprint density at radius 2 is 1.47 bits per heavy atom. The number of hydrogen-bond donors (Lipinski definition) is 1. The fourth-order valence-corrected chi connectivity index (χ4v) is 3.42. The summed E-state index contributed by atoms with van der Waals surface area (Å²) in [4.78, 5) is 49.4. The van der Waals surface area contributed by atoms with Crippen LogP contribution in [-0.4, -0.2) is 30.0 Å². The summed E-state index contributed by atoms with van der Waals surface area (Å²) in [5, 5.41) is 3.15. The Kier molecular flexibility index (Phi) is 5.96. The van der Waals surface area contributed by atoms with Gasteiger partial charge in [0.1, 0.15) is 0 Å². The highest BCUT2D eigenvalue weighted by atomic mass is 35.5. The molecule has 3 aromatic rings. The second-order valence-corrected chi connectivity index (χ2v) is 7.44. The van der Waals surface area contributed by atoms with Gasteiger partial charge < -0.3 is 10.1 Å². The third-order valence-corrected chi connectivity index (χ3v) is 5.09. The number of rotatable bonds is 5. The number of anilines is 1. The predicted molar refractivity (Wildman–Crippen MR) is 120 cm³/mol. The lowest BCUT2D eigenvalue weighted by atomic mass is 9.84. The molecule has 3 aromatic carbocycles. The van der Waals surface area contributed by atoms with E-state index in [1.165, 1.54) is 24.3 Å². The van der Waals surface area contributed by atoms with Crippen LogP contribution in [0, 0.1) is 0 Å². The number of esters is 1. The summed E-state index contributed by atoms with van der Waals surface area (Å²) in [6.07, 6.45) is 2.75. The fourth-order valence-electron chi connectivity index (χ4n) is 3.30. The van der Waals surface area contributed by atoms with Crippen molar-refractivity contribution in [1.29, 1.82) is 0 Å². The van der Waals surface area contributed by atoms with Crippen molar-refractivity contribution in [2.45, 2.75) is 0 Å². The van der Waals surface area contributed by atoms with Crippen LogP contribution in [0.15, 0.2) is 72.8 Å². The number of nitrogens with one attached hydrogen (secondary N) is 1. The zero-order valence-corrected chi connectivity index (χ0v) is 17.4. The van der Waals surface area contributed by atoms with Gasteiger partial charge in [0.15, 0.2) is 18.2 Å². The summed E-state index contributed by atoms with van der Waals surface area (Å²) >= 11 is 5.81. The van der Waals surface area contributed by atoms with E-state index in [-0.39, 0.29) is 22.7 Å². The molecule has 4 rings (SSSR count). The van der Waals surface area contributed by atoms with Crippen LogP contribution in [0.25, 0.3) is 6.08 Å². The monoisotopic (exact) mass is 445 g/mol. The molecule has 0 unspecified atom stereocenters. The number of benzene rings is 3. The van der Waals surface area contributed by atoms with Gasteiger partial charge in [-0.2, -0.15) is 0 Å². The molecular weight excluding hydrogens is 430 g/mol. The molecule has 0 fully saturated rings. The van der Waals surface area contributed by atoms with Gasteiger partial charge in [0, 0.05) is 39.0 Å². The second-order valence-electron chi connectivity index (χ2n) is 7.00. The van der Waals surface area contributed by atoms with Crippen LogP contribution in [-0.2, 0) is 14.3 Å². The van der Waals surface area contributed by atoms with Gasteiger partial charge in [0.25, 0.3) is 5.91 Å². The van der Waals surface area contributed by atoms with Gasteiger partial charge in [0.05, 0.1) is 0 Å². The van der Waals surface area contributed by atoms with Crippen molar-refractivity contribution in [2.24, 2.45) is 0 Å². The van der Waals surface area contributed by atoms with E-state index < -0.39 is 18.5 Å². The number of hydrogen-bond acceptors (Lipinski definition) is 5. The quantitative estimate of drug-likeness (QED) is 0.365. The van der Waals surface area contributed by atoms with Gasteiger partial charge in [-0.1, -0.05) is 48.0 Å². The van der Waals surface area contributed by atoms with E-state index in [1.54, 1.807) is 54.6 Å². The first kappa shape index (κ1) is 21.2. The Balaban J connectivity index is 1.38. The average Bonchev–Trinajstić information content (AvgIpc) is 2.81. The second kappa shape index (κ2) is 8.99. The van der Waals surface area contributed by atoms with Crippen LogP contribution < -0.4 is 5.32 Å². The highest BCUT2D eigenvalue weighted by Gasteiger charge is 2.29. The van der Waals surface area contributed by atoms with Gasteiger partial charge in [0.2, 0.25) is 0 Å². The Morgan fingerprint density at radius 1 is 0.844 bits per heavy atom. The normalized spacial score (nSPS) is 12.3. The van der Waals surface area contributed by atoms with E-state index in [0.29, 0.717) is 21.8 Å². The first-order chi connectivity index (χ1) is 15.4. The maximum atomic E-state index is 12.8. The third-order valence-electron chi connectivity index (χ3n) is 4.84. The van der Waals surface area contributed by atoms with Crippen molar-refractivity contribution in [3.8, 4) is 0 Å². The van der Waals surface area contributed by atoms with E-state index in [9.17, 15) is 19.2 Å². The number of amides is 1. The zero-order chi connectivity index (χ0) is 22.7. The zero-order valence-electron chi connectivity index (χ0n) is 16.6. The lowest BCUT2D eigenvalue weighted by Gasteiger charge is -2.18. The highest BCUT2D eigenvalue weighted by Crippen LogP contribution is 2.29. The SMILES string of the molecule is O=C(COC(=O)/C=C/c1ccc(Cl)cc1)Nc1ccc2c(c1)C(=O)c1ccccc1C2=O. The van der Waals surface area contributed by atoms with Gasteiger partial charge in [-0.25, -0.2) is 4.79 Å². The summed E-state index contributed by atoms with van der Waals surface area (Å²) < 4.78 is 4.93. The standard InChI is InChI=1S/C25H16ClNO5/c26-16-8-5-15(6-9-16)7-12-23(29)32-14-22(28)27-17-10-11-20-21(13-17)25(31)19-4-2-1-3-18(19)24(20)30/h1-13H,14H2,(H,27,28)/b12-7+. The number of carbonyl (C=O) groups excluding carboxylic acids is 4. The van der Waals surface area contributed by atoms with Gasteiger partial charge in [-0.15, -0.1) is 0 Å². The van der Waals surface area contributed by atoms with Crippen LogP contribution in [0.1, 0.15) is 37.4 Å². The van der Waals surface area contributed by atoms with Gasteiger partial charge in [-0.3, -0.25) is 14.4 Å². The van der Waals surface area contributed by atoms with Gasteiger partial charge >= 0.3 is 5.97 Å². The van der Waals surface area contributed by atoms with Crippen LogP contribution in [0.5, 0.6) is 0 Å². The van der Waals surface area contributed by atoms with Crippen molar-refractivity contribution in [2.75, 3.05) is 11.9 Å². The molecule has 0 aromatic heterocycles. The van der Waals surface area contributed by atoms with Crippen molar-refractivity contribution in [3.05, 3.63) is 106 Å². The van der Waals surface area contributed by atoms with Gasteiger partial charge in [-0.05, 0) is 42.0 Å². The van der Waals surface area contributed by atoms with E-state index >= 15 is 0 Å². The van der Waals surface area contributed by atoms with Crippen LogP contribution in [0.4, 0.5) is 5.69 Å². The Hall–Kier alpha value is -4.03. The average molecular weight is 446 g/mol. The van der Waals surface area contributed by atoms with E-state index in [2.05, 4.69) is 5.32 Å². The molecule has 1 amide bonds. The minimum Gasteiger partial charge on any atom is -0.452 e. The highest BCUT2D eigenvalue weighted by molar-refractivity contribution is 6.30. The maximum absolute atomic E-state index is 12.8. The molecule has 0 atom stereocenters. The van der Waals surface area contributed by atoms with Crippen molar-refractivity contribution < 1.29 is 23.9 Å². The molecule has 32 heavy (non-hydrogen) atoms. The molecule has 7 heteroatoms. The van der Waals surface area contributed by atoms with Crippen LogP contribution >= 0.6 is 11.6 Å². The summed E-state index contributed by atoms with van der Waals surface area (Å²) in [6, 6.07) is 17.9. The molecule has 0 aliphatic heterocycles. The summed E-state index contributed by atoms with van der Waals surface area (Å²) in [7, 11) is 0. The first-order valence-corrected chi connectivity index (χ1v) is 10.0.